The summed E-state index contributed by atoms with van der Waals surface area (Å²) in [5.74, 6) is 1.26. The van der Waals surface area contributed by atoms with Crippen LogP contribution in [-0.2, 0) is 17.9 Å². The van der Waals surface area contributed by atoms with E-state index in [1.54, 1.807) is 0 Å². The molecule has 0 aliphatic rings. The SMILES string of the molecule is CCOc1cc(CNc2ccc(NC(C)=O)cc2)c(Br)cc1OCc1cccc(Cl)c1. The molecule has 0 atom stereocenters. The summed E-state index contributed by atoms with van der Waals surface area (Å²) in [4.78, 5) is 11.1. The molecule has 0 saturated carbocycles. The third kappa shape index (κ3) is 6.91. The van der Waals surface area contributed by atoms with Crippen LogP contribution in [0.15, 0.2) is 65.1 Å². The Balaban J connectivity index is 1.69. The number of amides is 1. The van der Waals surface area contributed by atoms with Crippen LogP contribution in [0.4, 0.5) is 11.4 Å². The average Bonchev–Trinajstić information content (AvgIpc) is 2.73. The minimum absolute atomic E-state index is 0.0919. The van der Waals surface area contributed by atoms with E-state index in [9.17, 15) is 4.79 Å². The van der Waals surface area contributed by atoms with Crippen molar-refractivity contribution in [3.63, 3.8) is 0 Å². The highest BCUT2D eigenvalue weighted by Crippen LogP contribution is 2.35. The maximum atomic E-state index is 11.1. The lowest BCUT2D eigenvalue weighted by atomic mass is 10.2. The smallest absolute Gasteiger partial charge is 0.221 e. The third-order valence-electron chi connectivity index (χ3n) is 4.38. The van der Waals surface area contributed by atoms with E-state index < -0.39 is 0 Å². The lowest BCUT2D eigenvalue weighted by Gasteiger charge is -2.16. The summed E-state index contributed by atoms with van der Waals surface area (Å²) in [6, 6.07) is 19.0. The average molecular weight is 504 g/mol. The molecule has 0 unspecified atom stereocenters. The molecule has 0 heterocycles. The molecule has 7 heteroatoms. The number of nitrogens with one attached hydrogen (secondary N) is 2. The Hall–Kier alpha value is -2.70. The molecule has 3 aromatic carbocycles. The minimum atomic E-state index is -0.0919. The maximum Gasteiger partial charge on any atom is 0.221 e. The molecular formula is C24H24BrClN2O3. The first-order chi connectivity index (χ1) is 14.9. The highest BCUT2D eigenvalue weighted by molar-refractivity contribution is 9.10. The third-order valence-corrected chi connectivity index (χ3v) is 5.36. The van der Waals surface area contributed by atoms with Crippen molar-refractivity contribution in [1.82, 2.24) is 0 Å². The van der Waals surface area contributed by atoms with Crippen molar-refractivity contribution in [2.75, 3.05) is 17.2 Å². The first-order valence-corrected chi connectivity index (χ1v) is 11.1. The largest absolute Gasteiger partial charge is 0.490 e. The number of rotatable bonds is 9. The van der Waals surface area contributed by atoms with Gasteiger partial charge in [-0.15, -0.1) is 0 Å². The van der Waals surface area contributed by atoms with Crippen molar-refractivity contribution < 1.29 is 14.3 Å². The highest BCUT2D eigenvalue weighted by atomic mass is 79.9. The van der Waals surface area contributed by atoms with E-state index in [0.717, 1.165) is 27.0 Å². The number of carbonyl (C=O) groups is 1. The first kappa shape index (κ1) is 23.0. The fraction of sp³-hybridized carbons (Fsp3) is 0.208. The fourth-order valence-corrected chi connectivity index (χ4v) is 3.63. The standard InChI is InChI=1S/C24H24BrClN2O3/c1-3-30-23-12-18(14-27-20-7-9-21(10-8-20)28-16(2)29)22(25)13-24(23)31-15-17-5-4-6-19(26)11-17/h4-13,27H,3,14-15H2,1-2H3,(H,28,29). The van der Waals surface area contributed by atoms with Gasteiger partial charge in [-0.25, -0.2) is 0 Å². The molecule has 0 saturated heterocycles. The highest BCUT2D eigenvalue weighted by Gasteiger charge is 2.12. The number of anilines is 2. The van der Waals surface area contributed by atoms with Crippen LogP contribution < -0.4 is 20.1 Å². The van der Waals surface area contributed by atoms with Gasteiger partial charge in [-0.3, -0.25) is 4.79 Å². The zero-order valence-electron chi connectivity index (χ0n) is 17.4. The van der Waals surface area contributed by atoms with Crippen LogP contribution in [0, 0.1) is 0 Å². The summed E-state index contributed by atoms with van der Waals surface area (Å²) < 4.78 is 12.7. The van der Waals surface area contributed by atoms with E-state index in [4.69, 9.17) is 21.1 Å². The minimum Gasteiger partial charge on any atom is -0.490 e. The molecule has 0 aliphatic carbocycles. The molecule has 31 heavy (non-hydrogen) atoms. The molecule has 3 aromatic rings. The molecule has 0 radical (unpaired) electrons. The quantitative estimate of drug-likeness (QED) is 0.343. The van der Waals surface area contributed by atoms with Crippen molar-refractivity contribution >= 4 is 44.8 Å². The molecule has 0 aliphatic heterocycles. The summed E-state index contributed by atoms with van der Waals surface area (Å²) >= 11 is 9.69. The Morgan fingerprint density at radius 2 is 1.71 bits per heavy atom. The first-order valence-electron chi connectivity index (χ1n) is 9.88. The molecule has 0 spiro atoms. The predicted octanol–water partition coefficient (Wildman–Crippen LogP) is 6.65. The van der Waals surface area contributed by atoms with Crippen LogP contribution in [-0.4, -0.2) is 12.5 Å². The van der Waals surface area contributed by atoms with Gasteiger partial charge in [-0.2, -0.15) is 0 Å². The van der Waals surface area contributed by atoms with E-state index in [0.29, 0.717) is 36.3 Å². The van der Waals surface area contributed by atoms with Gasteiger partial charge in [-0.1, -0.05) is 39.7 Å². The molecule has 5 nitrogen and oxygen atoms in total. The van der Waals surface area contributed by atoms with Gasteiger partial charge in [0.05, 0.1) is 6.61 Å². The molecule has 2 N–H and O–H groups in total. The maximum absolute atomic E-state index is 11.1. The Morgan fingerprint density at radius 1 is 1.00 bits per heavy atom. The number of halogens is 2. The van der Waals surface area contributed by atoms with Gasteiger partial charge < -0.3 is 20.1 Å². The van der Waals surface area contributed by atoms with Gasteiger partial charge in [0.15, 0.2) is 11.5 Å². The van der Waals surface area contributed by atoms with Gasteiger partial charge in [0.2, 0.25) is 5.91 Å². The van der Waals surface area contributed by atoms with Crippen molar-refractivity contribution in [3.8, 4) is 11.5 Å². The molecule has 1 amide bonds. The summed E-state index contributed by atoms with van der Waals surface area (Å²) in [6.07, 6.45) is 0. The second-order valence-corrected chi connectivity index (χ2v) is 8.14. The molecule has 0 fully saturated rings. The van der Waals surface area contributed by atoms with Crippen LogP contribution >= 0.6 is 27.5 Å². The Labute approximate surface area is 195 Å². The zero-order chi connectivity index (χ0) is 22.2. The zero-order valence-corrected chi connectivity index (χ0v) is 19.7. The van der Waals surface area contributed by atoms with Crippen molar-refractivity contribution in [1.29, 1.82) is 0 Å². The Morgan fingerprint density at radius 3 is 2.39 bits per heavy atom. The lowest BCUT2D eigenvalue weighted by Crippen LogP contribution is -2.06. The van der Waals surface area contributed by atoms with E-state index in [1.807, 2.05) is 67.6 Å². The summed E-state index contributed by atoms with van der Waals surface area (Å²) in [5.41, 5.74) is 3.73. The normalized spacial score (nSPS) is 10.5. The molecule has 3 rings (SSSR count). The van der Waals surface area contributed by atoms with Gasteiger partial charge in [-0.05, 0) is 66.6 Å². The molecule has 0 aromatic heterocycles. The summed E-state index contributed by atoms with van der Waals surface area (Å²) in [6.45, 7) is 4.95. The van der Waals surface area contributed by atoms with E-state index in [2.05, 4.69) is 26.6 Å². The van der Waals surface area contributed by atoms with Crippen molar-refractivity contribution in [2.24, 2.45) is 0 Å². The van der Waals surface area contributed by atoms with Gasteiger partial charge in [0, 0.05) is 34.3 Å². The Kier molecular flexibility index (Phi) is 8.20. The Bertz CT molecular complexity index is 1040. The van der Waals surface area contributed by atoms with Crippen LogP contribution in [0.1, 0.15) is 25.0 Å². The second-order valence-electron chi connectivity index (χ2n) is 6.85. The van der Waals surface area contributed by atoms with Crippen LogP contribution in [0.2, 0.25) is 5.02 Å². The van der Waals surface area contributed by atoms with Crippen molar-refractivity contribution in [2.45, 2.75) is 27.0 Å². The van der Waals surface area contributed by atoms with Crippen LogP contribution in [0.25, 0.3) is 0 Å². The predicted molar refractivity (Wildman–Crippen MR) is 129 cm³/mol. The monoisotopic (exact) mass is 502 g/mol. The van der Waals surface area contributed by atoms with E-state index in [-0.39, 0.29) is 5.91 Å². The van der Waals surface area contributed by atoms with Gasteiger partial charge >= 0.3 is 0 Å². The molecular weight excluding hydrogens is 480 g/mol. The van der Waals surface area contributed by atoms with E-state index in [1.165, 1.54) is 6.92 Å². The molecule has 162 valence electrons. The number of carbonyl (C=O) groups excluding carboxylic acids is 1. The number of ether oxygens (including phenoxy) is 2. The number of hydrogen-bond acceptors (Lipinski definition) is 4. The van der Waals surface area contributed by atoms with Crippen LogP contribution in [0.3, 0.4) is 0 Å². The van der Waals surface area contributed by atoms with Gasteiger partial charge in [0.1, 0.15) is 6.61 Å². The molecule has 0 bridgehead atoms. The lowest BCUT2D eigenvalue weighted by molar-refractivity contribution is -0.114. The van der Waals surface area contributed by atoms with E-state index >= 15 is 0 Å². The van der Waals surface area contributed by atoms with Gasteiger partial charge in [0.25, 0.3) is 0 Å². The number of hydrogen-bond donors (Lipinski definition) is 2. The fourth-order valence-electron chi connectivity index (χ4n) is 2.95. The number of benzene rings is 3. The topological polar surface area (TPSA) is 59.6 Å². The second kappa shape index (κ2) is 11.1. The summed E-state index contributed by atoms with van der Waals surface area (Å²) in [5, 5.41) is 6.82. The van der Waals surface area contributed by atoms with Crippen LogP contribution in [0.5, 0.6) is 11.5 Å². The summed E-state index contributed by atoms with van der Waals surface area (Å²) in [7, 11) is 0. The van der Waals surface area contributed by atoms with Crippen molar-refractivity contribution in [3.05, 3.63) is 81.3 Å².